The van der Waals surface area contributed by atoms with Crippen LogP contribution in [0.1, 0.15) is 11.5 Å². The van der Waals surface area contributed by atoms with Gasteiger partial charge in [-0.25, -0.2) is 0 Å². The van der Waals surface area contributed by atoms with E-state index in [0.717, 1.165) is 31.0 Å². The molecule has 1 saturated heterocycles. The summed E-state index contributed by atoms with van der Waals surface area (Å²) in [5.41, 5.74) is 2.23. The second-order valence-electron chi connectivity index (χ2n) is 4.61. The van der Waals surface area contributed by atoms with Gasteiger partial charge in [-0.1, -0.05) is 28.9 Å². The summed E-state index contributed by atoms with van der Waals surface area (Å²) < 4.78 is 5.28. The fourth-order valence-electron chi connectivity index (χ4n) is 1.98. The van der Waals surface area contributed by atoms with Crippen molar-refractivity contribution in [3.05, 3.63) is 35.7 Å². The fourth-order valence-corrected chi connectivity index (χ4v) is 1.98. The number of rotatable bonds is 3. The lowest BCUT2D eigenvalue weighted by molar-refractivity contribution is 0.296. The molecule has 0 radical (unpaired) electrons. The molecule has 4 nitrogen and oxygen atoms in total. The van der Waals surface area contributed by atoms with Gasteiger partial charge >= 0.3 is 0 Å². The van der Waals surface area contributed by atoms with Crippen LogP contribution in [0.15, 0.2) is 28.8 Å². The van der Waals surface area contributed by atoms with Crippen molar-refractivity contribution in [2.45, 2.75) is 13.3 Å². The Balaban J connectivity index is 1.79. The number of aromatic nitrogens is 2. The Morgan fingerprint density at radius 3 is 3.00 bits per heavy atom. The molecule has 2 heterocycles. The van der Waals surface area contributed by atoms with Crippen LogP contribution in [0.4, 0.5) is 0 Å². The smallest absolute Gasteiger partial charge is 0.227 e. The standard InChI is InChI=1S/C13H15N3O/c1-9-3-2-4-11(5-9)13-15-12(17-16-13)6-10-7-14-8-10/h2-5,10,14H,6-8H2,1H3. The summed E-state index contributed by atoms with van der Waals surface area (Å²) >= 11 is 0. The van der Waals surface area contributed by atoms with Gasteiger partial charge < -0.3 is 9.84 Å². The van der Waals surface area contributed by atoms with Crippen LogP contribution in [-0.4, -0.2) is 23.2 Å². The van der Waals surface area contributed by atoms with Crippen molar-refractivity contribution in [1.29, 1.82) is 0 Å². The molecule has 4 heteroatoms. The third-order valence-corrected chi connectivity index (χ3v) is 3.07. The molecule has 0 amide bonds. The van der Waals surface area contributed by atoms with Gasteiger partial charge in [-0.3, -0.25) is 0 Å². The average Bonchev–Trinajstić information content (AvgIpc) is 2.72. The highest BCUT2D eigenvalue weighted by molar-refractivity contribution is 5.55. The van der Waals surface area contributed by atoms with E-state index in [1.807, 2.05) is 12.1 Å². The zero-order valence-corrected chi connectivity index (χ0v) is 9.81. The van der Waals surface area contributed by atoms with Crippen molar-refractivity contribution in [2.75, 3.05) is 13.1 Å². The Labute approximate surface area is 100 Å². The maximum Gasteiger partial charge on any atom is 0.227 e. The Morgan fingerprint density at radius 1 is 1.41 bits per heavy atom. The molecule has 2 aromatic rings. The van der Waals surface area contributed by atoms with E-state index in [1.54, 1.807) is 0 Å². The minimum atomic E-state index is 0.654. The van der Waals surface area contributed by atoms with Crippen molar-refractivity contribution >= 4 is 0 Å². The topological polar surface area (TPSA) is 51.0 Å². The SMILES string of the molecule is Cc1cccc(-c2noc(CC3CNC3)n2)c1. The third-order valence-electron chi connectivity index (χ3n) is 3.07. The highest BCUT2D eigenvalue weighted by Crippen LogP contribution is 2.18. The van der Waals surface area contributed by atoms with Gasteiger partial charge in [-0.15, -0.1) is 0 Å². The molecule has 17 heavy (non-hydrogen) atoms. The van der Waals surface area contributed by atoms with E-state index in [4.69, 9.17) is 4.52 Å². The fraction of sp³-hybridized carbons (Fsp3) is 0.385. The molecule has 1 aliphatic heterocycles. The molecule has 0 unspecified atom stereocenters. The summed E-state index contributed by atoms with van der Waals surface area (Å²) in [4.78, 5) is 4.44. The number of benzene rings is 1. The lowest BCUT2D eigenvalue weighted by Gasteiger charge is -2.25. The van der Waals surface area contributed by atoms with E-state index >= 15 is 0 Å². The van der Waals surface area contributed by atoms with Gasteiger partial charge in [0, 0.05) is 12.0 Å². The molecular weight excluding hydrogens is 214 g/mol. The Kier molecular flexibility index (Phi) is 2.65. The molecule has 3 rings (SSSR count). The van der Waals surface area contributed by atoms with Crippen molar-refractivity contribution in [1.82, 2.24) is 15.5 Å². The molecule has 1 fully saturated rings. The largest absolute Gasteiger partial charge is 0.339 e. The first kappa shape index (κ1) is 10.5. The van der Waals surface area contributed by atoms with Gasteiger partial charge in [-0.05, 0) is 32.0 Å². The highest BCUT2D eigenvalue weighted by atomic mass is 16.5. The van der Waals surface area contributed by atoms with Crippen molar-refractivity contribution < 1.29 is 4.52 Å². The summed E-state index contributed by atoms with van der Waals surface area (Å²) in [5.74, 6) is 2.09. The zero-order valence-electron chi connectivity index (χ0n) is 9.81. The van der Waals surface area contributed by atoms with Crippen molar-refractivity contribution in [2.24, 2.45) is 5.92 Å². The average molecular weight is 229 g/mol. The maximum atomic E-state index is 5.28. The van der Waals surface area contributed by atoms with E-state index in [1.165, 1.54) is 5.56 Å². The molecule has 0 aliphatic carbocycles. The Bertz CT molecular complexity index is 517. The molecular formula is C13H15N3O. The van der Waals surface area contributed by atoms with Crippen molar-refractivity contribution in [3.63, 3.8) is 0 Å². The molecule has 0 atom stereocenters. The number of nitrogens with one attached hydrogen (secondary N) is 1. The number of hydrogen-bond donors (Lipinski definition) is 1. The van der Waals surface area contributed by atoms with E-state index in [2.05, 4.69) is 34.5 Å². The van der Waals surface area contributed by atoms with Crippen LogP contribution in [-0.2, 0) is 6.42 Å². The molecule has 0 bridgehead atoms. The Hall–Kier alpha value is -1.68. The molecule has 0 saturated carbocycles. The maximum absolute atomic E-state index is 5.28. The molecule has 0 spiro atoms. The second-order valence-corrected chi connectivity index (χ2v) is 4.61. The number of hydrogen-bond acceptors (Lipinski definition) is 4. The minimum absolute atomic E-state index is 0.654. The van der Waals surface area contributed by atoms with Gasteiger partial charge in [0.05, 0.1) is 0 Å². The van der Waals surface area contributed by atoms with E-state index in [-0.39, 0.29) is 0 Å². The molecule has 1 aliphatic rings. The van der Waals surface area contributed by atoms with Crippen LogP contribution in [0.3, 0.4) is 0 Å². The molecule has 88 valence electrons. The number of nitrogens with zero attached hydrogens (tertiary/aromatic N) is 2. The quantitative estimate of drug-likeness (QED) is 0.872. The lowest BCUT2D eigenvalue weighted by Crippen LogP contribution is -2.43. The Morgan fingerprint density at radius 2 is 2.29 bits per heavy atom. The first-order chi connectivity index (χ1) is 8.31. The third kappa shape index (κ3) is 2.22. The summed E-state index contributed by atoms with van der Waals surface area (Å²) in [7, 11) is 0. The van der Waals surface area contributed by atoms with Crippen LogP contribution in [0.2, 0.25) is 0 Å². The lowest BCUT2D eigenvalue weighted by atomic mass is 10.00. The summed E-state index contributed by atoms with van der Waals surface area (Å²) in [6.07, 6.45) is 0.881. The normalized spacial score (nSPS) is 15.8. The van der Waals surface area contributed by atoms with Crippen LogP contribution in [0.5, 0.6) is 0 Å². The van der Waals surface area contributed by atoms with Gasteiger partial charge in [0.25, 0.3) is 0 Å². The monoisotopic (exact) mass is 229 g/mol. The van der Waals surface area contributed by atoms with E-state index < -0.39 is 0 Å². The van der Waals surface area contributed by atoms with Crippen LogP contribution in [0.25, 0.3) is 11.4 Å². The first-order valence-corrected chi connectivity index (χ1v) is 5.91. The van der Waals surface area contributed by atoms with Crippen molar-refractivity contribution in [3.8, 4) is 11.4 Å². The molecule has 1 aromatic carbocycles. The van der Waals surface area contributed by atoms with Crippen LogP contribution < -0.4 is 5.32 Å². The van der Waals surface area contributed by atoms with Crippen LogP contribution in [0, 0.1) is 12.8 Å². The van der Waals surface area contributed by atoms with Gasteiger partial charge in [0.15, 0.2) is 0 Å². The van der Waals surface area contributed by atoms with E-state index in [9.17, 15) is 0 Å². The van der Waals surface area contributed by atoms with Crippen LogP contribution >= 0.6 is 0 Å². The van der Waals surface area contributed by atoms with Gasteiger partial charge in [-0.2, -0.15) is 4.98 Å². The summed E-state index contributed by atoms with van der Waals surface area (Å²) in [5, 5.41) is 7.27. The zero-order chi connectivity index (χ0) is 11.7. The molecule has 1 N–H and O–H groups in total. The predicted molar refractivity (Wildman–Crippen MR) is 64.5 cm³/mol. The number of aryl methyl sites for hydroxylation is 1. The second kappa shape index (κ2) is 4.30. The first-order valence-electron chi connectivity index (χ1n) is 5.91. The summed E-state index contributed by atoms with van der Waals surface area (Å²) in [6.45, 7) is 4.18. The highest BCUT2D eigenvalue weighted by Gasteiger charge is 2.20. The van der Waals surface area contributed by atoms with Gasteiger partial charge in [0.1, 0.15) is 0 Å². The minimum Gasteiger partial charge on any atom is -0.339 e. The predicted octanol–water partition coefficient (Wildman–Crippen LogP) is 1.81. The van der Waals surface area contributed by atoms with E-state index in [0.29, 0.717) is 11.7 Å². The molecule has 1 aromatic heterocycles. The summed E-state index contributed by atoms with van der Waals surface area (Å²) in [6, 6.07) is 8.15. The van der Waals surface area contributed by atoms with Gasteiger partial charge in [0.2, 0.25) is 11.7 Å².